The number of carbonyl (C=O) groups is 1. The van der Waals surface area contributed by atoms with E-state index in [0.29, 0.717) is 13.0 Å². The zero-order valence-corrected chi connectivity index (χ0v) is 16.5. The molecule has 0 saturated heterocycles. The van der Waals surface area contributed by atoms with Crippen LogP contribution in [0.2, 0.25) is 0 Å². The average Bonchev–Trinajstić information content (AvgIpc) is 3.12. The highest BCUT2D eigenvalue weighted by Crippen LogP contribution is 2.29. The number of carbonyl (C=O) groups excluding carboxylic acids is 1. The number of nitrogens with one attached hydrogen (secondary N) is 1. The molecule has 0 aliphatic carbocycles. The third kappa shape index (κ3) is 4.89. The second-order valence-electron chi connectivity index (χ2n) is 5.97. The minimum absolute atomic E-state index is 0.106. The molecule has 2 unspecified atom stereocenters. The Morgan fingerprint density at radius 3 is 2.15 bits per heavy atom. The van der Waals surface area contributed by atoms with Crippen LogP contribution >= 0.6 is 27.3 Å². The molecule has 0 spiro atoms. The van der Waals surface area contributed by atoms with Crippen LogP contribution in [0.1, 0.15) is 39.4 Å². The van der Waals surface area contributed by atoms with Gasteiger partial charge in [-0.05, 0) is 39.2 Å². The van der Waals surface area contributed by atoms with Gasteiger partial charge in [-0.3, -0.25) is 4.79 Å². The summed E-state index contributed by atoms with van der Waals surface area (Å²) in [5, 5.41) is 14.2. The van der Waals surface area contributed by atoms with Crippen LogP contribution in [-0.2, 0) is 0 Å². The lowest BCUT2D eigenvalue weighted by molar-refractivity contribution is 0.0972. The number of hydrogen-bond acceptors (Lipinski definition) is 4. The first-order valence-corrected chi connectivity index (χ1v) is 10.1. The third-order valence-corrected chi connectivity index (χ3v) is 5.84. The largest absolute Gasteiger partial charge is 0.386 e. The molecule has 0 aliphatic heterocycles. The van der Waals surface area contributed by atoms with Crippen molar-refractivity contribution in [3.8, 4) is 0 Å². The van der Waals surface area contributed by atoms with Crippen LogP contribution in [0, 0.1) is 0 Å². The molecule has 3 rings (SSSR count). The van der Waals surface area contributed by atoms with E-state index in [4.69, 9.17) is 0 Å². The molecule has 0 amide bonds. The molecule has 3 nitrogen and oxygen atoms in total. The van der Waals surface area contributed by atoms with E-state index < -0.39 is 6.10 Å². The molecule has 1 aromatic heterocycles. The van der Waals surface area contributed by atoms with Gasteiger partial charge in [0.2, 0.25) is 0 Å². The lowest BCUT2D eigenvalue weighted by Crippen LogP contribution is -2.29. The van der Waals surface area contributed by atoms with E-state index in [9.17, 15) is 9.90 Å². The van der Waals surface area contributed by atoms with Gasteiger partial charge in [-0.15, -0.1) is 11.3 Å². The molecule has 0 aliphatic rings. The van der Waals surface area contributed by atoms with E-state index >= 15 is 0 Å². The number of halogens is 1. The van der Waals surface area contributed by atoms with E-state index in [1.807, 2.05) is 72.8 Å². The van der Waals surface area contributed by atoms with E-state index in [0.717, 1.165) is 19.8 Å². The fourth-order valence-corrected chi connectivity index (χ4v) is 4.20. The summed E-state index contributed by atoms with van der Waals surface area (Å²) in [6.07, 6.45) is -0.303. The highest BCUT2D eigenvalue weighted by atomic mass is 79.9. The van der Waals surface area contributed by atoms with Crippen LogP contribution in [0.4, 0.5) is 0 Å². The molecule has 0 bridgehead atoms. The molecule has 0 saturated carbocycles. The first kappa shape index (κ1) is 19.0. The summed E-state index contributed by atoms with van der Waals surface area (Å²) in [5.74, 6) is 0.106. The molecule has 5 heteroatoms. The van der Waals surface area contributed by atoms with Gasteiger partial charge in [0, 0.05) is 13.0 Å². The van der Waals surface area contributed by atoms with Crippen molar-refractivity contribution in [2.24, 2.45) is 0 Å². The molecule has 134 valence electrons. The van der Waals surface area contributed by atoms with Gasteiger partial charge < -0.3 is 10.4 Å². The Morgan fingerprint density at radius 2 is 1.58 bits per heavy atom. The zero-order valence-electron chi connectivity index (χ0n) is 14.1. The van der Waals surface area contributed by atoms with Gasteiger partial charge >= 0.3 is 0 Å². The monoisotopic (exact) mass is 429 g/mol. The van der Waals surface area contributed by atoms with Crippen molar-refractivity contribution in [3.05, 3.63) is 92.6 Å². The Bertz CT molecular complexity index is 835. The summed E-state index contributed by atoms with van der Waals surface area (Å²) in [7, 11) is 0. The fraction of sp³-hybridized carbons (Fsp3) is 0.190. The number of aliphatic hydroxyl groups is 1. The van der Waals surface area contributed by atoms with Crippen LogP contribution in [0.25, 0.3) is 0 Å². The number of rotatable bonds is 8. The van der Waals surface area contributed by atoms with Crippen molar-refractivity contribution >= 4 is 33.0 Å². The second-order valence-corrected chi connectivity index (χ2v) is 8.44. The summed E-state index contributed by atoms with van der Waals surface area (Å²) in [6, 6.07) is 22.9. The summed E-state index contributed by atoms with van der Waals surface area (Å²) in [5.41, 5.74) is 1.84. The predicted molar refractivity (Wildman–Crippen MR) is 110 cm³/mol. The lowest BCUT2D eigenvalue weighted by Gasteiger charge is -2.25. The third-order valence-electron chi connectivity index (χ3n) is 4.18. The van der Waals surface area contributed by atoms with Crippen molar-refractivity contribution < 1.29 is 9.90 Å². The SMILES string of the molecule is O=C(CCNC(c1ccccc1)C(O)c1ccccc1)c1ccc(Br)s1. The molecule has 2 N–H and O–H groups in total. The van der Waals surface area contributed by atoms with E-state index in [-0.39, 0.29) is 11.8 Å². The Hall–Kier alpha value is -1.79. The van der Waals surface area contributed by atoms with Gasteiger partial charge in [0.15, 0.2) is 5.78 Å². The van der Waals surface area contributed by atoms with Gasteiger partial charge in [-0.25, -0.2) is 0 Å². The molecule has 3 aromatic rings. The summed E-state index contributed by atoms with van der Waals surface area (Å²) in [6.45, 7) is 0.498. The number of ketones is 1. The van der Waals surface area contributed by atoms with Crippen molar-refractivity contribution in [1.82, 2.24) is 5.32 Å². The molecule has 2 aromatic carbocycles. The standard InChI is InChI=1S/C21H20BrNO2S/c22-19-12-11-18(26-19)17(24)13-14-23-20(15-7-3-1-4-8-15)21(25)16-9-5-2-6-10-16/h1-12,20-21,23,25H,13-14H2. The van der Waals surface area contributed by atoms with Crippen LogP contribution in [0.3, 0.4) is 0 Å². The van der Waals surface area contributed by atoms with Gasteiger partial charge in [-0.2, -0.15) is 0 Å². The number of aliphatic hydroxyl groups excluding tert-OH is 1. The zero-order chi connectivity index (χ0) is 18.4. The van der Waals surface area contributed by atoms with Gasteiger partial charge in [0.05, 0.1) is 20.8 Å². The molecular weight excluding hydrogens is 410 g/mol. The fourth-order valence-electron chi connectivity index (χ4n) is 2.84. The summed E-state index contributed by atoms with van der Waals surface area (Å²) >= 11 is 4.83. The van der Waals surface area contributed by atoms with Crippen LogP contribution in [-0.4, -0.2) is 17.4 Å². The van der Waals surface area contributed by atoms with E-state index in [2.05, 4.69) is 21.2 Å². The maximum atomic E-state index is 12.3. The molecule has 26 heavy (non-hydrogen) atoms. The Labute approximate surface area is 165 Å². The van der Waals surface area contributed by atoms with Crippen LogP contribution in [0.5, 0.6) is 0 Å². The second kappa shape index (κ2) is 9.24. The maximum absolute atomic E-state index is 12.3. The quantitative estimate of drug-likeness (QED) is 0.486. The molecule has 0 fully saturated rings. The van der Waals surface area contributed by atoms with Crippen molar-refractivity contribution in [2.75, 3.05) is 6.54 Å². The van der Waals surface area contributed by atoms with Crippen LogP contribution in [0.15, 0.2) is 76.6 Å². The summed E-state index contributed by atoms with van der Waals surface area (Å²) < 4.78 is 0.954. The van der Waals surface area contributed by atoms with Crippen molar-refractivity contribution in [1.29, 1.82) is 0 Å². The Kier molecular flexibility index (Phi) is 6.74. The molecule has 2 atom stereocenters. The molecule has 0 radical (unpaired) electrons. The first-order chi connectivity index (χ1) is 12.6. The first-order valence-electron chi connectivity index (χ1n) is 8.45. The molecular formula is C21H20BrNO2S. The number of thiophene rings is 1. The predicted octanol–water partition coefficient (Wildman–Crippen LogP) is 5.15. The average molecular weight is 430 g/mol. The minimum Gasteiger partial charge on any atom is -0.386 e. The Balaban J connectivity index is 1.69. The van der Waals surface area contributed by atoms with Crippen molar-refractivity contribution in [2.45, 2.75) is 18.6 Å². The topological polar surface area (TPSA) is 49.3 Å². The van der Waals surface area contributed by atoms with E-state index in [1.165, 1.54) is 11.3 Å². The normalized spacial score (nSPS) is 13.3. The van der Waals surface area contributed by atoms with Gasteiger partial charge in [0.1, 0.15) is 0 Å². The number of Topliss-reactive ketones (excluding diaryl/α,β-unsaturated/α-hetero) is 1. The highest BCUT2D eigenvalue weighted by Gasteiger charge is 2.22. The van der Waals surface area contributed by atoms with Gasteiger partial charge in [0.25, 0.3) is 0 Å². The molecule has 1 heterocycles. The maximum Gasteiger partial charge on any atom is 0.174 e. The lowest BCUT2D eigenvalue weighted by atomic mass is 9.95. The highest BCUT2D eigenvalue weighted by molar-refractivity contribution is 9.11. The number of hydrogen-bond donors (Lipinski definition) is 2. The van der Waals surface area contributed by atoms with Crippen LogP contribution < -0.4 is 5.32 Å². The van der Waals surface area contributed by atoms with Crippen molar-refractivity contribution in [3.63, 3.8) is 0 Å². The Morgan fingerprint density at radius 1 is 0.962 bits per heavy atom. The minimum atomic E-state index is -0.690. The summed E-state index contributed by atoms with van der Waals surface area (Å²) in [4.78, 5) is 13.1. The smallest absolute Gasteiger partial charge is 0.174 e. The number of benzene rings is 2. The van der Waals surface area contributed by atoms with E-state index in [1.54, 1.807) is 0 Å². The van der Waals surface area contributed by atoms with Gasteiger partial charge in [-0.1, -0.05) is 60.7 Å².